The van der Waals surface area contributed by atoms with Crippen molar-refractivity contribution in [3.63, 3.8) is 0 Å². The number of fused-ring (bicyclic) bond motifs is 1. The fraction of sp³-hybridized carbons (Fsp3) is 0.200. The Morgan fingerprint density at radius 2 is 2.05 bits per heavy atom. The minimum Gasteiger partial charge on any atom is -0.377 e. The highest BCUT2D eigenvalue weighted by molar-refractivity contribution is 7.98. The zero-order valence-electron chi connectivity index (χ0n) is 10.8. The molecule has 1 atom stereocenters. The van der Waals surface area contributed by atoms with E-state index in [9.17, 15) is 10.1 Å². The third-order valence-corrected chi connectivity index (χ3v) is 4.45. The number of nitro groups is 1. The summed E-state index contributed by atoms with van der Waals surface area (Å²) in [7, 11) is 0. The third kappa shape index (κ3) is 2.63. The number of hydrogen-bond acceptors (Lipinski definition) is 4. The Balaban J connectivity index is 1.85. The lowest BCUT2D eigenvalue weighted by atomic mass is 10.0. The summed E-state index contributed by atoms with van der Waals surface area (Å²) in [5, 5.41) is 14.2. The Morgan fingerprint density at radius 3 is 2.90 bits per heavy atom. The van der Waals surface area contributed by atoms with Crippen LogP contribution < -0.4 is 5.32 Å². The van der Waals surface area contributed by atoms with E-state index >= 15 is 0 Å². The summed E-state index contributed by atoms with van der Waals surface area (Å²) >= 11 is 1.88. The number of hydrogen-bond donors (Lipinski definition) is 1. The highest BCUT2D eigenvalue weighted by atomic mass is 32.2. The Hall–Kier alpha value is -2.01. The number of nitro benzene ring substituents is 1. The van der Waals surface area contributed by atoms with Crippen LogP contribution >= 0.6 is 11.8 Å². The van der Waals surface area contributed by atoms with Crippen molar-refractivity contribution in [1.82, 2.24) is 0 Å². The van der Waals surface area contributed by atoms with Gasteiger partial charge in [0.05, 0.1) is 11.0 Å². The van der Waals surface area contributed by atoms with Gasteiger partial charge in [0.15, 0.2) is 0 Å². The Labute approximate surface area is 121 Å². The molecular formula is C15H14N2O2S. The molecule has 2 aromatic rings. The van der Waals surface area contributed by atoms with E-state index < -0.39 is 0 Å². The lowest BCUT2D eigenvalue weighted by Gasteiger charge is -2.26. The second kappa shape index (κ2) is 5.54. The van der Waals surface area contributed by atoms with E-state index in [0.29, 0.717) is 0 Å². The molecule has 1 heterocycles. The molecule has 2 aromatic carbocycles. The van der Waals surface area contributed by atoms with E-state index in [4.69, 9.17) is 0 Å². The van der Waals surface area contributed by atoms with Crippen molar-refractivity contribution in [1.29, 1.82) is 0 Å². The molecule has 3 rings (SSSR count). The summed E-state index contributed by atoms with van der Waals surface area (Å²) in [6.07, 6.45) is 0. The van der Waals surface area contributed by atoms with E-state index in [-0.39, 0.29) is 16.7 Å². The van der Waals surface area contributed by atoms with Crippen LogP contribution in [0, 0.1) is 10.1 Å². The first-order chi connectivity index (χ1) is 9.74. The van der Waals surface area contributed by atoms with Crippen LogP contribution in [-0.2, 0) is 5.75 Å². The topological polar surface area (TPSA) is 55.2 Å². The van der Waals surface area contributed by atoms with Gasteiger partial charge in [-0.1, -0.05) is 30.3 Å². The van der Waals surface area contributed by atoms with Gasteiger partial charge in [-0.3, -0.25) is 10.1 Å². The molecule has 1 N–H and O–H groups in total. The molecule has 20 heavy (non-hydrogen) atoms. The number of nitrogens with zero attached hydrogens (tertiary/aromatic N) is 1. The normalized spacial score (nSPS) is 17.3. The van der Waals surface area contributed by atoms with Crippen LogP contribution in [0.25, 0.3) is 0 Å². The molecule has 0 bridgehead atoms. The molecule has 4 nitrogen and oxygen atoms in total. The Bertz CT molecular complexity index is 645. The van der Waals surface area contributed by atoms with Crippen LogP contribution in [0.2, 0.25) is 0 Å². The van der Waals surface area contributed by atoms with Crippen LogP contribution in [0.3, 0.4) is 0 Å². The summed E-state index contributed by atoms with van der Waals surface area (Å²) in [4.78, 5) is 10.5. The van der Waals surface area contributed by atoms with Gasteiger partial charge < -0.3 is 5.32 Å². The molecule has 0 spiro atoms. The first-order valence-electron chi connectivity index (χ1n) is 6.40. The van der Waals surface area contributed by atoms with Gasteiger partial charge in [-0.15, -0.1) is 0 Å². The zero-order valence-corrected chi connectivity index (χ0v) is 11.6. The van der Waals surface area contributed by atoms with E-state index in [1.807, 2.05) is 23.9 Å². The van der Waals surface area contributed by atoms with E-state index in [2.05, 4.69) is 23.5 Å². The predicted molar refractivity (Wildman–Crippen MR) is 82.1 cm³/mol. The monoisotopic (exact) mass is 286 g/mol. The number of nitrogens with one attached hydrogen (secondary N) is 1. The summed E-state index contributed by atoms with van der Waals surface area (Å²) in [5.74, 6) is 2.00. The van der Waals surface area contributed by atoms with E-state index in [1.165, 1.54) is 17.2 Å². The maximum atomic E-state index is 10.8. The molecule has 0 aromatic heterocycles. The van der Waals surface area contributed by atoms with Crippen molar-refractivity contribution in [2.45, 2.75) is 11.8 Å². The molecule has 0 radical (unpaired) electrons. The lowest BCUT2D eigenvalue weighted by molar-refractivity contribution is -0.384. The minimum absolute atomic E-state index is 0.117. The second-order valence-electron chi connectivity index (χ2n) is 4.72. The largest absolute Gasteiger partial charge is 0.377 e. The number of rotatable bonds is 3. The molecule has 1 aliphatic heterocycles. The van der Waals surface area contributed by atoms with Crippen LogP contribution in [0.15, 0.2) is 48.5 Å². The highest BCUT2D eigenvalue weighted by Crippen LogP contribution is 2.34. The molecule has 102 valence electrons. The van der Waals surface area contributed by atoms with Gasteiger partial charge >= 0.3 is 0 Å². The number of non-ortho nitro benzene ring substituents is 1. The standard InChI is InChI=1S/C15H14N2O2S/c18-17(19)13-6-3-5-12(8-13)16-15-10-20-9-11-4-1-2-7-14(11)15/h1-8,15-16H,9-10H2. The summed E-state index contributed by atoms with van der Waals surface area (Å²) in [6.45, 7) is 0. The SMILES string of the molecule is O=[N+]([O-])c1cccc(NC2CSCc3ccccc32)c1. The fourth-order valence-electron chi connectivity index (χ4n) is 2.41. The van der Waals surface area contributed by atoms with Crippen molar-refractivity contribution >= 4 is 23.1 Å². The Kier molecular flexibility index (Phi) is 3.60. The molecule has 0 amide bonds. The van der Waals surface area contributed by atoms with Crippen molar-refractivity contribution in [2.75, 3.05) is 11.1 Å². The minimum atomic E-state index is -0.366. The molecule has 1 aliphatic rings. The number of benzene rings is 2. The van der Waals surface area contributed by atoms with Crippen molar-refractivity contribution in [2.24, 2.45) is 0 Å². The van der Waals surface area contributed by atoms with Gasteiger partial charge in [0.2, 0.25) is 0 Å². The zero-order chi connectivity index (χ0) is 13.9. The average molecular weight is 286 g/mol. The molecule has 5 heteroatoms. The molecule has 0 saturated carbocycles. The number of anilines is 1. The van der Waals surface area contributed by atoms with Crippen LogP contribution in [0.5, 0.6) is 0 Å². The van der Waals surface area contributed by atoms with Gasteiger partial charge in [-0.05, 0) is 17.2 Å². The maximum absolute atomic E-state index is 10.8. The summed E-state index contributed by atoms with van der Waals surface area (Å²) in [6, 6.07) is 15.2. The van der Waals surface area contributed by atoms with Gasteiger partial charge in [-0.2, -0.15) is 11.8 Å². The third-order valence-electron chi connectivity index (χ3n) is 3.37. The van der Waals surface area contributed by atoms with E-state index in [0.717, 1.165) is 17.2 Å². The quantitative estimate of drug-likeness (QED) is 0.684. The lowest BCUT2D eigenvalue weighted by Crippen LogP contribution is -2.18. The molecule has 0 saturated heterocycles. The van der Waals surface area contributed by atoms with Gasteiger partial charge in [0.25, 0.3) is 5.69 Å². The Morgan fingerprint density at radius 1 is 1.20 bits per heavy atom. The van der Waals surface area contributed by atoms with E-state index in [1.54, 1.807) is 12.1 Å². The van der Waals surface area contributed by atoms with Crippen molar-refractivity contribution in [3.05, 3.63) is 69.8 Å². The van der Waals surface area contributed by atoms with Crippen LogP contribution in [-0.4, -0.2) is 10.7 Å². The average Bonchev–Trinajstić information content (AvgIpc) is 2.48. The van der Waals surface area contributed by atoms with Gasteiger partial charge in [0.1, 0.15) is 0 Å². The van der Waals surface area contributed by atoms with Gasteiger partial charge in [-0.25, -0.2) is 0 Å². The molecular weight excluding hydrogens is 272 g/mol. The number of thioether (sulfide) groups is 1. The van der Waals surface area contributed by atoms with Gasteiger partial charge in [0, 0.05) is 29.3 Å². The molecule has 1 unspecified atom stereocenters. The first-order valence-corrected chi connectivity index (χ1v) is 7.56. The summed E-state index contributed by atoms with van der Waals surface area (Å²) < 4.78 is 0. The second-order valence-corrected chi connectivity index (χ2v) is 5.75. The smallest absolute Gasteiger partial charge is 0.271 e. The molecule has 0 aliphatic carbocycles. The van der Waals surface area contributed by atoms with Crippen LogP contribution in [0.1, 0.15) is 17.2 Å². The maximum Gasteiger partial charge on any atom is 0.271 e. The fourth-order valence-corrected chi connectivity index (χ4v) is 3.51. The predicted octanol–water partition coefficient (Wildman–Crippen LogP) is 3.99. The van der Waals surface area contributed by atoms with Crippen molar-refractivity contribution in [3.8, 4) is 0 Å². The highest BCUT2D eigenvalue weighted by Gasteiger charge is 2.20. The first kappa shape index (κ1) is 13.0. The van der Waals surface area contributed by atoms with Crippen LogP contribution in [0.4, 0.5) is 11.4 Å². The molecule has 0 fully saturated rings. The summed E-state index contributed by atoms with van der Waals surface area (Å²) in [5.41, 5.74) is 3.54. The van der Waals surface area contributed by atoms with Crippen molar-refractivity contribution < 1.29 is 4.92 Å².